The Balaban J connectivity index is 0.000000352. The number of anilines is 2. The molecule has 0 aliphatic heterocycles. The molecular weight excluding hydrogens is 462 g/mol. The number of hydrogen-bond acceptors (Lipinski definition) is 6. The van der Waals surface area contributed by atoms with Gasteiger partial charge in [0, 0.05) is 25.7 Å². The highest BCUT2D eigenvalue weighted by Gasteiger charge is 2.25. The van der Waals surface area contributed by atoms with Gasteiger partial charge in [-0.25, -0.2) is 18.7 Å². The fourth-order valence-corrected chi connectivity index (χ4v) is 4.11. The Morgan fingerprint density at radius 1 is 1.25 bits per heavy atom. The minimum Gasteiger partial charge on any atom is -0.379 e. The number of nitrogens with zero attached hydrogens (tertiary/aromatic N) is 4. The van der Waals surface area contributed by atoms with Gasteiger partial charge in [0.15, 0.2) is 5.65 Å². The molecule has 2 N–H and O–H groups in total. The molecule has 2 aromatic rings. The van der Waals surface area contributed by atoms with Gasteiger partial charge in [0.25, 0.3) is 0 Å². The van der Waals surface area contributed by atoms with Crippen LogP contribution in [0.2, 0.25) is 0 Å². The van der Waals surface area contributed by atoms with Crippen molar-refractivity contribution < 1.29 is 13.5 Å². The molecule has 0 spiro atoms. The summed E-state index contributed by atoms with van der Waals surface area (Å²) in [6.45, 7) is 11.2. The molecule has 2 atom stereocenters. The lowest BCUT2D eigenvalue weighted by Crippen LogP contribution is -2.15. The van der Waals surface area contributed by atoms with Gasteiger partial charge in [0.1, 0.15) is 17.9 Å². The van der Waals surface area contributed by atoms with E-state index in [2.05, 4.69) is 45.9 Å². The third-order valence-electron chi connectivity index (χ3n) is 6.24. The number of allylic oxidation sites excluding steroid dienone is 4. The minimum absolute atomic E-state index is 0.294. The van der Waals surface area contributed by atoms with Crippen molar-refractivity contribution in [2.75, 3.05) is 31.0 Å². The van der Waals surface area contributed by atoms with Gasteiger partial charge >= 0.3 is 0 Å². The van der Waals surface area contributed by atoms with Gasteiger partial charge in [-0.3, -0.25) is 4.57 Å². The minimum atomic E-state index is -1.30. The number of halogens is 2. The predicted molar refractivity (Wildman–Crippen MR) is 145 cm³/mol. The van der Waals surface area contributed by atoms with Gasteiger partial charge < -0.3 is 15.4 Å². The number of hydrogen-bond donors (Lipinski definition) is 2. The topological polar surface area (TPSA) is 76.9 Å². The van der Waals surface area contributed by atoms with E-state index in [4.69, 9.17) is 9.72 Å². The molecular formula is C27H44F2N6O. The van der Waals surface area contributed by atoms with Crippen LogP contribution in [0.5, 0.6) is 0 Å². The first-order valence-corrected chi connectivity index (χ1v) is 13.0. The first kappa shape index (κ1) is 29.7. The first-order valence-electron chi connectivity index (χ1n) is 13.0. The molecule has 2 aromatic heterocycles. The lowest BCUT2D eigenvalue weighted by atomic mass is 10.0. The molecule has 1 fully saturated rings. The maximum absolute atomic E-state index is 13.0. The molecule has 2 heterocycles. The Bertz CT molecular complexity index is 996. The van der Waals surface area contributed by atoms with Gasteiger partial charge in [0.2, 0.25) is 11.9 Å². The fraction of sp³-hybridized carbons (Fsp3) is 0.667. The summed E-state index contributed by atoms with van der Waals surface area (Å²) < 4.78 is 32.7. The second kappa shape index (κ2) is 14.3. The third kappa shape index (κ3) is 8.84. The van der Waals surface area contributed by atoms with Crippen molar-refractivity contribution in [3.8, 4) is 0 Å². The van der Waals surface area contributed by atoms with Crippen molar-refractivity contribution in [3.05, 3.63) is 30.0 Å². The number of imidazole rings is 1. The highest BCUT2D eigenvalue weighted by atomic mass is 19.1. The molecule has 3 rings (SSSR count). The zero-order valence-corrected chi connectivity index (χ0v) is 22.9. The number of rotatable bonds is 9. The average molecular weight is 507 g/mol. The first-order chi connectivity index (χ1) is 17.1. The quantitative estimate of drug-likeness (QED) is 0.288. The maximum atomic E-state index is 13.0. The molecule has 36 heavy (non-hydrogen) atoms. The summed E-state index contributed by atoms with van der Waals surface area (Å²) in [7, 11) is 1.91. The monoisotopic (exact) mass is 506 g/mol. The lowest BCUT2D eigenvalue weighted by Gasteiger charge is -2.20. The van der Waals surface area contributed by atoms with Crippen molar-refractivity contribution >= 4 is 23.1 Å². The van der Waals surface area contributed by atoms with Crippen LogP contribution in [0.1, 0.15) is 79.7 Å². The molecule has 202 valence electrons. The van der Waals surface area contributed by atoms with Crippen molar-refractivity contribution in [2.24, 2.45) is 0 Å². The van der Waals surface area contributed by atoms with E-state index in [0.29, 0.717) is 29.7 Å². The standard InChI is InChI=1S/C18H30N6O.C9H14F2/c1-5-25-14-8-6-7-13(9-10-14)24-16-15(22-18(24)19-4)11-20-17(23-16)21-12(2)3;1-8(9(2,3)11)6-4-5-7-10/h11-14H,5-10H2,1-4H3,(H,19,22)(H,20,21,23);4-6H,7H2,1-3H3/b;5-4-,8-6-. The highest BCUT2D eigenvalue weighted by molar-refractivity contribution is 5.75. The van der Waals surface area contributed by atoms with E-state index in [1.807, 2.05) is 13.2 Å². The van der Waals surface area contributed by atoms with Crippen molar-refractivity contribution in [1.82, 2.24) is 19.5 Å². The second-order valence-electron chi connectivity index (χ2n) is 9.90. The summed E-state index contributed by atoms with van der Waals surface area (Å²) in [6.07, 6.45) is 12.2. The summed E-state index contributed by atoms with van der Waals surface area (Å²) >= 11 is 0. The number of fused-ring (bicyclic) bond motifs is 1. The second-order valence-corrected chi connectivity index (χ2v) is 9.90. The van der Waals surface area contributed by atoms with E-state index in [1.165, 1.54) is 32.4 Å². The number of nitrogens with one attached hydrogen (secondary N) is 2. The van der Waals surface area contributed by atoms with Gasteiger partial charge in [-0.2, -0.15) is 4.98 Å². The number of alkyl halides is 2. The fourth-order valence-electron chi connectivity index (χ4n) is 4.11. The van der Waals surface area contributed by atoms with Crippen LogP contribution in [0.4, 0.5) is 20.7 Å². The van der Waals surface area contributed by atoms with E-state index >= 15 is 0 Å². The summed E-state index contributed by atoms with van der Waals surface area (Å²) in [6, 6.07) is 0.683. The summed E-state index contributed by atoms with van der Waals surface area (Å²) in [5.41, 5.74) is 1.04. The SMILES string of the molecule is C/C(=C/C=C\CF)C(C)(C)F.CCOC1CCCC(n2c(NC)nc3cnc(NC(C)C)nc32)CC1. The normalized spacial score (nSPS) is 19.3. The zero-order chi connectivity index (χ0) is 26.7. The van der Waals surface area contributed by atoms with Crippen molar-refractivity contribution in [2.45, 2.75) is 97.5 Å². The summed E-state index contributed by atoms with van der Waals surface area (Å²) in [5.74, 6) is 1.53. The molecule has 0 radical (unpaired) electrons. The molecule has 1 saturated carbocycles. The average Bonchev–Trinajstić information content (AvgIpc) is 3.02. The van der Waals surface area contributed by atoms with Crippen LogP contribution in [0.25, 0.3) is 11.2 Å². The van der Waals surface area contributed by atoms with E-state index in [0.717, 1.165) is 49.4 Å². The molecule has 0 saturated heterocycles. The molecule has 0 amide bonds. The van der Waals surface area contributed by atoms with Crippen molar-refractivity contribution in [1.29, 1.82) is 0 Å². The predicted octanol–water partition coefficient (Wildman–Crippen LogP) is 6.81. The van der Waals surface area contributed by atoms with Gasteiger partial charge in [-0.05, 0) is 79.2 Å². The van der Waals surface area contributed by atoms with Crippen LogP contribution in [0, 0.1) is 0 Å². The van der Waals surface area contributed by atoms with E-state index in [-0.39, 0.29) is 0 Å². The number of aromatic nitrogens is 4. The molecule has 2 unspecified atom stereocenters. The molecule has 1 aliphatic carbocycles. The molecule has 0 aromatic carbocycles. The Hall–Kier alpha value is -2.55. The van der Waals surface area contributed by atoms with Gasteiger partial charge in [0.05, 0.1) is 12.3 Å². The summed E-state index contributed by atoms with van der Waals surface area (Å²) in [4.78, 5) is 13.8. The molecule has 1 aliphatic rings. The van der Waals surface area contributed by atoms with Crippen LogP contribution in [0.15, 0.2) is 30.0 Å². The summed E-state index contributed by atoms with van der Waals surface area (Å²) in [5, 5.41) is 6.52. The van der Waals surface area contributed by atoms with Crippen LogP contribution >= 0.6 is 0 Å². The van der Waals surface area contributed by atoms with Crippen LogP contribution < -0.4 is 10.6 Å². The maximum Gasteiger partial charge on any atom is 0.224 e. The Morgan fingerprint density at radius 2 is 2.00 bits per heavy atom. The van der Waals surface area contributed by atoms with Crippen LogP contribution in [0.3, 0.4) is 0 Å². The van der Waals surface area contributed by atoms with E-state index in [9.17, 15) is 8.78 Å². The number of ether oxygens (including phenoxy) is 1. The lowest BCUT2D eigenvalue weighted by molar-refractivity contribution is 0.0518. The Labute approximate surface area is 214 Å². The van der Waals surface area contributed by atoms with Crippen LogP contribution in [-0.2, 0) is 4.74 Å². The largest absolute Gasteiger partial charge is 0.379 e. The zero-order valence-electron chi connectivity index (χ0n) is 22.9. The van der Waals surface area contributed by atoms with Gasteiger partial charge in [-0.15, -0.1) is 0 Å². The van der Waals surface area contributed by atoms with E-state index < -0.39 is 12.3 Å². The Morgan fingerprint density at radius 3 is 2.61 bits per heavy atom. The Kier molecular flexibility index (Phi) is 11.8. The molecule has 7 nitrogen and oxygen atoms in total. The van der Waals surface area contributed by atoms with Crippen LogP contribution in [-0.4, -0.2) is 57.7 Å². The smallest absolute Gasteiger partial charge is 0.224 e. The highest BCUT2D eigenvalue weighted by Crippen LogP contribution is 2.33. The van der Waals surface area contributed by atoms with Gasteiger partial charge in [-0.1, -0.05) is 18.2 Å². The molecule has 9 heteroatoms. The van der Waals surface area contributed by atoms with Crippen molar-refractivity contribution in [3.63, 3.8) is 0 Å². The molecule has 0 bridgehead atoms. The third-order valence-corrected chi connectivity index (χ3v) is 6.24. The van der Waals surface area contributed by atoms with E-state index in [1.54, 1.807) is 13.0 Å².